The van der Waals surface area contributed by atoms with E-state index < -0.39 is 33.1 Å². The van der Waals surface area contributed by atoms with Crippen LogP contribution in [-0.2, 0) is 23.1 Å². The van der Waals surface area contributed by atoms with Crippen LogP contribution in [0.1, 0.15) is 21.5 Å². The molecule has 6 aromatic rings. The maximum Gasteiger partial charge on any atom is 0.269 e. The molecule has 0 radical (unpaired) electrons. The van der Waals surface area contributed by atoms with Gasteiger partial charge in [-0.15, -0.1) is 0 Å². The molecule has 0 unspecified atom stereocenters. The second kappa shape index (κ2) is 11.7. The predicted octanol–water partition coefficient (Wildman–Crippen LogP) is 4.75. The van der Waals surface area contributed by atoms with Crippen LogP contribution in [-0.4, -0.2) is 32.8 Å². The van der Waals surface area contributed by atoms with Gasteiger partial charge in [-0.2, -0.15) is 0 Å². The molecule has 0 fully saturated rings. The standard InChI is InChI=1S/C32H23F2N5O4S/c33-27-12-11-22(17-28(27)34)19-38-15-5-10-25(32(38)41)31(40)37-18-21-6-4-7-23(16-21)26-20-39(30-29(26)35-13-14-36-30)44(42,43)24-8-2-1-3-9-24/h1-17,20H,18-19H2,(H,37,40). The monoisotopic (exact) mass is 611 g/mol. The van der Waals surface area contributed by atoms with E-state index in [4.69, 9.17) is 0 Å². The van der Waals surface area contributed by atoms with E-state index in [1.165, 1.54) is 59.7 Å². The molecular weight excluding hydrogens is 588 g/mol. The summed E-state index contributed by atoms with van der Waals surface area (Å²) in [5, 5.41) is 2.74. The lowest BCUT2D eigenvalue weighted by Gasteiger charge is -2.10. The highest BCUT2D eigenvalue weighted by atomic mass is 32.2. The number of pyridine rings is 1. The van der Waals surface area contributed by atoms with Gasteiger partial charge in [0.05, 0.1) is 11.4 Å². The molecule has 0 aliphatic heterocycles. The topological polar surface area (TPSA) is 116 Å². The van der Waals surface area contributed by atoms with Crippen molar-refractivity contribution in [2.75, 3.05) is 0 Å². The van der Waals surface area contributed by atoms with E-state index in [2.05, 4.69) is 15.3 Å². The maximum absolute atomic E-state index is 13.6. The van der Waals surface area contributed by atoms with E-state index in [1.807, 2.05) is 0 Å². The zero-order chi connectivity index (χ0) is 30.8. The Morgan fingerprint density at radius 1 is 0.841 bits per heavy atom. The first-order chi connectivity index (χ1) is 21.2. The van der Waals surface area contributed by atoms with Crippen LogP contribution in [0.15, 0.2) is 119 Å². The maximum atomic E-state index is 13.6. The third-order valence-electron chi connectivity index (χ3n) is 6.98. The number of aromatic nitrogens is 4. The number of nitrogens with zero attached hydrogens (tertiary/aromatic N) is 4. The summed E-state index contributed by atoms with van der Waals surface area (Å²) in [5.41, 5.74) is 2.09. The predicted molar refractivity (Wildman–Crippen MR) is 159 cm³/mol. The molecule has 0 spiro atoms. The average molecular weight is 612 g/mol. The molecule has 6 rings (SSSR count). The van der Waals surface area contributed by atoms with Crippen molar-refractivity contribution in [2.24, 2.45) is 0 Å². The van der Waals surface area contributed by atoms with Crippen molar-refractivity contribution in [3.8, 4) is 11.1 Å². The normalized spacial score (nSPS) is 11.5. The van der Waals surface area contributed by atoms with Crippen LogP contribution in [0.3, 0.4) is 0 Å². The van der Waals surface area contributed by atoms with Crippen molar-refractivity contribution >= 4 is 27.1 Å². The van der Waals surface area contributed by atoms with Crippen LogP contribution in [0.4, 0.5) is 8.78 Å². The SMILES string of the molecule is O=C(NCc1cccc(-c2cn(S(=O)(=O)c3ccccc3)c3nccnc23)c1)c1cccn(Cc2ccc(F)c(F)c2)c1=O. The van der Waals surface area contributed by atoms with Crippen LogP contribution < -0.4 is 10.9 Å². The van der Waals surface area contributed by atoms with Gasteiger partial charge in [-0.1, -0.05) is 42.5 Å². The minimum absolute atomic E-state index is 0.0459. The number of amides is 1. The van der Waals surface area contributed by atoms with Crippen molar-refractivity contribution in [3.63, 3.8) is 0 Å². The van der Waals surface area contributed by atoms with Gasteiger partial charge in [0, 0.05) is 36.9 Å². The molecule has 0 aliphatic rings. The quantitative estimate of drug-likeness (QED) is 0.266. The molecule has 3 heterocycles. The summed E-state index contributed by atoms with van der Waals surface area (Å²) in [7, 11) is -3.96. The molecule has 1 N–H and O–H groups in total. The Kier molecular flexibility index (Phi) is 7.58. The smallest absolute Gasteiger partial charge is 0.269 e. The van der Waals surface area contributed by atoms with E-state index in [0.29, 0.717) is 27.8 Å². The van der Waals surface area contributed by atoms with Gasteiger partial charge in [0.15, 0.2) is 17.3 Å². The van der Waals surface area contributed by atoms with E-state index in [9.17, 15) is 26.8 Å². The number of nitrogens with one attached hydrogen (secondary N) is 1. The van der Waals surface area contributed by atoms with Crippen molar-refractivity contribution in [1.82, 2.24) is 23.8 Å². The molecule has 0 aliphatic carbocycles. The van der Waals surface area contributed by atoms with Crippen LogP contribution in [0.2, 0.25) is 0 Å². The van der Waals surface area contributed by atoms with Crippen molar-refractivity contribution in [1.29, 1.82) is 0 Å². The molecular formula is C32H23F2N5O4S. The Balaban J connectivity index is 1.24. The van der Waals surface area contributed by atoms with Crippen LogP contribution in [0, 0.1) is 11.6 Å². The van der Waals surface area contributed by atoms with Gasteiger partial charge in [-0.25, -0.2) is 26.2 Å². The number of halogens is 2. The lowest BCUT2D eigenvalue weighted by Crippen LogP contribution is -2.32. The summed E-state index contributed by atoms with van der Waals surface area (Å²) in [4.78, 5) is 34.8. The number of benzene rings is 3. The van der Waals surface area contributed by atoms with Gasteiger partial charge in [0.2, 0.25) is 0 Å². The Hall–Kier alpha value is -5.49. The highest BCUT2D eigenvalue weighted by molar-refractivity contribution is 7.90. The van der Waals surface area contributed by atoms with E-state index in [1.54, 1.807) is 42.5 Å². The van der Waals surface area contributed by atoms with Gasteiger partial charge < -0.3 is 9.88 Å². The van der Waals surface area contributed by atoms with E-state index in [-0.39, 0.29) is 29.2 Å². The first kappa shape index (κ1) is 28.6. The molecule has 220 valence electrons. The largest absolute Gasteiger partial charge is 0.348 e. The molecule has 0 bridgehead atoms. The Labute approximate surface area is 250 Å². The number of hydrogen-bond acceptors (Lipinski definition) is 6. The van der Waals surface area contributed by atoms with Gasteiger partial charge >= 0.3 is 0 Å². The molecule has 0 atom stereocenters. The summed E-state index contributed by atoms with van der Waals surface area (Å²) in [6, 6.07) is 21.4. The van der Waals surface area contributed by atoms with Gasteiger partial charge in [0.25, 0.3) is 21.5 Å². The third-order valence-corrected chi connectivity index (χ3v) is 8.65. The van der Waals surface area contributed by atoms with Crippen LogP contribution >= 0.6 is 0 Å². The number of carbonyl (C=O) groups excluding carboxylic acids is 1. The lowest BCUT2D eigenvalue weighted by atomic mass is 10.0. The number of carbonyl (C=O) groups is 1. The molecule has 0 saturated carbocycles. The second-order valence-electron chi connectivity index (χ2n) is 9.87. The molecule has 1 amide bonds. The summed E-state index contributed by atoms with van der Waals surface area (Å²) in [6.07, 6.45) is 5.84. The van der Waals surface area contributed by atoms with Crippen molar-refractivity contribution in [2.45, 2.75) is 18.0 Å². The van der Waals surface area contributed by atoms with Gasteiger partial charge in [0.1, 0.15) is 11.1 Å². The molecule has 12 heteroatoms. The van der Waals surface area contributed by atoms with Crippen LogP contribution in [0.5, 0.6) is 0 Å². The summed E-state index contributed by atoms with van der Waals surface area (Å²) in [5.74, 6) is -2.63. The second-order valence-corrected chi connectivity index (χ2v) is 11.7. The fraction of sp³-hybridized carbons (Fsp3) is 0.0625. The first-order valence-corrected chi connectivity index (χ1v) is 14.8. The van der Waals surface area contributed by atoms with Crippen molar-refractivity contribution in [3.05, 3.63) is 148 Å². The van der Waals surface area contributed by atoms with Crippen LogP contribution in [0.25, 0.3) is 22.3 Å². The number of hydrogen-bond donors (Lipinski definition) is 1. The molecule has 3 aromatic heterocycles. The highest BCUT2D eigenvalue weighted by Gasteiger charge is 2.23. The fourth-order valence-electron chi connectivity index (χ4n) is 4.82. The Bertz CT molecular complexity index is 2200. The summed E-state index contributed by atoms with van der Waals surface area (Å²) in [6.45, 7) is 0.0203. The summed E-state index contributed by atoms with van der Waals surface area (Å²) >= 11 is 0. The van der Waals surface area contributed by atoms with Gasteiger partial charge in [-0.05, 0) is 59.2 Å². The fourth-order valence-corrected chi connectivity index (χ4v) is 6.15. The Morgan fingerprint density at radius 3 is 2.43 bits per heavy atom. The minimum Gasteiger partial charge on any atom is -0.348 e. The number of rotatable bonds is 8. The molecule has 3 aromatic carbocycles. The molecule has 9 nitrogen and oxygen atoms in total. The zero-order valence-corrected chi connectivity index (χ0v) is 23.7. The van der Waals surface area contributed by atoms with E-state index >= 15 is 0 Å². The average Bonchev–Trinajstić information content (AvgIpc) is 3.44. The minimum atomic E-state index is -3.96. The number of fused-ring (bicyclic) bond motifs is 1. The highest BCUT2D eigenvalue weighted by Crippen LogP contribution is 2.31. The first-order valence-electron chi connectivity index (χ1n) is 13.4. The third kappa shape index (κ3) is 5.50. The Morgan fingerprint density at radius 2 is 1.64 bits per heavy atom. The molecule has 44 heavy (non-hydrogen) atoms. The summed E-state index contributed by atoms with van der Waals surface area (Å²) < 4.78 is 56.1. The zero-order valence-electron chi connectivity index (χ0n) is 22.9. The van der Waals surface area contributed by atoms with E-state index in [0.717, 1.165) is 16.1 Å². The lowest BCUT2D eigenvalue weighted by molar-refractivity contribution is 0.0948. The van der Waals surface area contributed by atoms with Gasteiger partial charge in [-0.3, -0.25) is 14.6 Å². The molecule has 0 saturated heterocycles. The van der Waals surface area contributed by atoms with Crippen molar-refractivity contribution < 1.29 is 22.0 Å².